The zero-order chi connectivity index (χ0) is 19.1. The Balaban J connectivity index is 1.55. The maximum Gasteiger partial charge on any atom is 0.262 e. The maximum atomic E-state index is 12.2. The van der Waals surface area contributed by atoms with Crippen LogP contribution < -0.4 is 15.4 Å². The zero-order valence-electron chi connectivity index (χ0n) is 14.2. The number of amides is 2. The Bertz CT molecular complexity index is 931. The highest BCUT2D eigenvalue weighted by molar-refractivity contribution is 9.10. The van der Waals surface area contributed by atoms with Gasteiger partial charge in [0.2, 0.25) is 0 Å². The molecular weight excluding hydrogens is 410 g/mol. The molecule has 6 nitrogen and oxygen atoms in total. The van der Waals surface area contributed by atoms with Crippen molar-refractivity contribution in [3.05, 3.63) is 83.1 Å². The smallest absolute Gasteiger partial charge is 0.262 e. The van der Waals surface area contributed by atoms with Crippen LogP contribution in [0.5, 0.6) is 5.75 Å². The molecular formula is C20H16BrN3O3. The number of nitrogens with one attached hydrogen (secondary N) is 2. The second kappa shape index (κ2) is 8.95. The van der Waals surface area contributed by atoms with E-state index in [-0.39, 0.29) is 18.4 Å². The number of rotatable bonds is 6. The van der Waals surface area contributed by atoms with E-state index >= 15 is 0 Å². The summed E-state index contributed by atoms with van der Waals surface area (Å²) < 4.78 is 6.44. The summed E-state index contributed by atoms with van der Waals surface area (Å²) in [6.07, 6.45) is 3.09. The molecule has 0 saturated carbocycles. The van der Waals surface area contributed by atoms with Crippen molar-refractivity contribution in [2.45, 2.75) is 0 Å². The van der Waals surface area contributed by atoms with Crippen molar-refractivity contribution in [2.75, 3.05) is 17.2 Å². The molecule has 2 amide bonds. The molecule has 0 fully saturated rings. The van der Waals surface area contributed by atoms with Crippen LogP contribution in [0.3, 0.4) is 0 Å². The summed E-state index contributed by atoms with van der Waals surface area (Å²) in [5, 5.41) is 5.51. The Morgan fingerprint density at radius 2 is 1.78 bits per heavy atom. The molecule has 0 spiro atoms. The number of carbonyl (C=O) groups excluding carboxylic acids is 2. The Morgan fingerprint density at radius 3 is 2.52 bits per heavy atom. The number of halogens is 1. The van der Waals surface area contributed by atoms with Crippen LogP contribution in [-0.4, -0.2) is 23.4 Å². The van der Waals surface area contributed by atoms with Crippen LogP contribution >= 0.6 is 15.9 Å². The average Bonchev–Trinajstić information content (AvgIpc) is 2.69. The van der Waals surface area contributed by atoms with Crippen LogP contribution in [0.25, 0.3) is 0 Å². The Labute approximate surface area is 164 Å². The van der Waals surface area contributed by atoms with Crippen molar-refractivity contribution in [1.29, 1.82) is 0 Å². The quantitative estimate of drug-likeness (QED) is 0.622. The lowest BCUT2D eigenvalue weighted by Crippen LogP contribution is -2.20. The van der Waals surface area contributed by atoms with Crippen LogP contribution in [0.2, 0.25) is 0 Å². The molecule has 7 heteroatoms. The molecule has 0 aliphatic carbocycles. The molecule has 136 valence electrons. The van der Waals surface area contributed by atoms with Crippen molar-refractivity contribution in [1.82, 2.24) is 4.98 Å². The number of nitrogens with zero attached hydrogens (tertiary/aromatic N) is 1. The van der Waals surface area contributed by atoms with Gasteiger partial charge in [0, 0.05) is 34.3 Å². The summed E-state index contributed by atoms with van der Waals surface area (Å²) in [5.41, 5.74) is 1.71. The third-order valence-electron chi connectivity index (χ3n) is 3.51. The van der Waals surface area contributed by atoms with Gasteiger partial charge in [-0.2, -0.15) is 0 Å². The van der Waals surface area contributed by atoms with Gasteiger partial charge in [-0.05, 0) is 48.5 Å². The van der Waals surface area contributed by atoms with Crippen LogP contribution in [0.1, 0.15) is 10.4 Å². The van der Waals surface area contributed by atoms with Gasteiger partial charge in [0.15, 0.2) is 6.61 Å². The molecule has 0 bridgehead atoms. The molecule has 3 aromatic rings. The largest absolute Gasteiger partial charge is 0.484 e. The highest BCUT2D eigenvalue weighted by atomic mass is 79.9. The summed E-state index contributed by atoms with van der Waals surface area (Å²) in [4.78, 5) is 28.1. The number of pyridine rings is 1. The summed E-state index contributed by atoms with van der Waals surface area (Å²) in [5.74, 6) is -0.0692. The molecule has 3 rings (SSSR count). The van der Waals surface area contributed by atoms with Gasteiger partial charge in [-0.1, -0.05) is 22.0 Å². The Kier molecular flexibility index (Phi) is 6.17. The Morgan fingerprint density at radius 1 is 0.963 bits per heavy atom. The van der Waals surface area contributed by atoms with E-state index in [1.807, 2.05) is 12.1 Å². The molecule has 0 saturated heterocycles. The van der Waals surface area contributed by atoms with Gasteiger partial charge in [0.25, 0.3) is 11.8 Å². The van der Waals surface area contributed by atoms with E-state index in [1.165, 1.54) is 6.20 Å². The lowest BCUT2D eigenvalue weighted by molar-refractivity contribution is -0.118. The fourth-order valence-electron chi connectivity index (χ4n) is 2.24. The second-order valence-electron chi connectivity index (χ2n) is 5.57. The van der Waals surface area contributed by atoms with Gasteiger partial charge < -0.3 is 15.4 Å². The van der Waals surface area contributed by atoms with Crippen LogP contribution in [0.4, 0.5) is 11.4 Å². The highest BCUT2D eigenvalue weighted by Gasteiger charge is 2.08. The van der Waals surface area contributed by atoms with Crippen LogP contribution in [-0.2, 0) is 4.79 Å². The van der Waals surface area contributed by atoms with Crippen molar-refractivity contribution in [3.8, 4) is 5.75 Å². The number of carbonyl (C=O) groups is 2. The minimum atomic E-state index is -0.276. The van der Waals surface area contributed by atoms with Gasteiger partial charge >= 0.3 is 0 Å². The SMILES string of the molecule is O=C(COc1cccc(NC(=O)c2cccnc2)c1)Nc1ccc(Br)cc1. The van der Waals surface area contributed by atoms with Crippen molar-refractivity contribution >= 4 is 39.1 Å². The molecule has 2 aromatic carbocycles. The van der Waals surface area contributed by atoms with E-state index < -0.39 is 0 Å². The van der Waals surface area contributed by atoms with Crippen molar-refractivity contribution in [3.63, 3.8) is 0 Å². The lowest BCUT2D eigenvalue weighted by Gasteiger charge is -2.10. The second-order valence-corrected chi connectivity index (χ2v) is 6.48. The monoisotopic (exact) mass is 425 g/mol. The van der Waals surface area contributed by atoms with Crippen molar-refractivity contribution in [2.24, 2.45) is 0 Å². The van der Waals surface area contributed by atoms with Crippen molar-refractivity contribution < 1.29 is 14.3 Å². The zero-order valence-corrected chi connectivity index (χ0v) is 15.8. The maximum absolute atomic E-state index is 12.2. The number of hydrogen-bond donors (Lipinski definition) is 2. The highest BCUT2D eigenvalue weighted by Crippen LogP contribution is 2.18. The fraction of sp³-hybridized carbons (Fsp3) is 0.0500. The van der Waals surface area contributed by atoms with Gasteiger partial charge in [-0.15, -0.1) is 0 Å². The molecule has 27 heavy (non-hydrogen) atoms. The van der Waals surface area contributed by atoms with Crippen LogP contribution in [0, 0.1) is 0 Å². The standard InChI is InChI=1S/C20H16BrN3O3/c21-15-6-8-16(9-7-15)23-19(25)13-27-18-5-1-4-17(11-18)24-20(26)14-3-2-10-22-12-14/h1-12H,13H2,(H,23,25)(H,24,26). The predicted octanol–water partition coefficient (Wildman–Crippen LogP) is 4.11. The number of hydrogen-bond acceptors (Lipinski definition) is 4. The summed E-state index contributed by atoms with van der Waals surface area (Å²) >= 11 is 3.34. The third kappa shape index (κ3) is 5.65. The van der Waals surface area contributed by atoms with Gasteiger partial charge in [-0.25, -0.2) is 0 Å². The predicted molar refractivity (Wildman–Crippen MR) is 107 cm³/mol. The molecule has 0 aliphatic heterocycles. The summed E-state index contributed by atoms with van der Waals surface area (Å²) in [6, 6.07) is 17.5. The number of ether oxygens (including phenoxy) is 1. The number of benzene rings is 2. The first-order valence-electron chi connectivity index (χ1n) is 8.10. The first kappa shape index (κ1) is 18.6. The van der Waals surface area contributed by atoms with E-state index in [9.17, 15) is 9.59 Å². The minimum Gasteiger partial charge on any atom is -0.484 e. The first-order valence-corrected chi connectivity index (χ1v) is 8.89. The van der Waals surface area contributed by atoms with E-state index in [1.54, 1.807) is 54.7 Å². The fourth-order valence-corrected chi connectivity index (χ4v) is 2.51. The average molecular weight is 426 g/mol. The van der Waals surface area contributed by atoms with Gasteiger partial charge in [0.05, 0.1) is 5.56 Å². The molecule has 0 radical (unpaired) electrons. The van der Waals surface area contributed by atoms with E-state index in [4.69, 9.17) is 4.74 Å². The third-order valence-corrected chi connectivity index (χ3v) is 4.04. The normalized spacial score (nSPS) is 10.1. The summed E-state index contributed by atoms with van der Waals surface area (Å²) in [7, 11) is 0. The van der Waals surface area contributed by atoms with Gasteiger partial charge in [-0.3, -0.25) is 14.6 Å². The van der Waals surface area contributed by atoms with Crippen LogP contribution in [0.15, 0.2) is 77.5 Å². The molecule has 1 heterocycles. The number of anilines is 2. The summed E-state index contributed by atoms with van der Waals surface area (Å²) in [6.45, 7) is -0.143. The minimum absolute atomic E-state index is 0.143. The van der Waals surface area contributed by atoms with E-state index in [0.717, 1.165) is 4.47 Å². The molecule has 0 atom stereocenters. The van der Waals surface area contributed by atoms with E-state index in [0.29, 0.717) is 22.7 Å². The topological polar surface area (TPSA) is 80.3 Å². The molecule has 0 aliphatic rings. The Hall–Kier alpha value is -3.19. The van der Waals surface area contributed by atoms with E-state index in [2.05, 4.69) is 31.5 Å². The van der Waals surface area contributed by atoms with Gasteiger partial charge in [0.1, 0.15) is 5.75 Å². The number of aromatic nitrogens is 1. The molecule has 0 unspecified atom stereocenters. The molecule has 2 N–H and O–H groups in total. The first-order chi connectivity index (χ1) is 13.1. The lowest BCUT2D eigenvalue weighted by atomic mass is 10.2. The molecule has 1 aromatic heterocycles.